The van der Waals surface area contributed by atoms with Crippen molar-refractivity contribution in [3.05, 3.63) is 33.8 Å². The Kier molecular flexibility index (Phi) is 4.93. The van der Waals surface area contributed by atoms with E-state index in [2.05, 4.69) is 21.2 Å². The van der Waals surface area contributed by atoms with Crippen molar-refractivity contribution < 1.29 is 23.1 Å². The maximum absolute atomic E-state index is 12.7. The first-order valence-electron chi connectivity index (χ1n) is 6.64. The largest absolute Gasteiger partial charge is 0.416 e. The summed E-state index contributed by atoms with van der Waals surface area (Å²) in [6.45, 7) is 0. The fourth-order valence-corrected chi connectivity index (χ4v) is 2.83. The summed E-state index contributed by atoms with van der Waals surface area (Å²) in [5.41, 5.74) is -0.956. The third-order valence-corrected chi connectivity index (χ3v) is 4.28. The van der Waals surface area contributed by atoms with Crippen molar-refractivity contribution in [1.29, 1.82) is 0 Å². The molecule has 1 saturated carbocycles. The van der Waals surface area contributed by atoms with Crippen LogP contribution >= 0.6 is 15.9 Å². The molecule has 1 aliphatic rings. The number of nitrogens with one attached hydrogen (secondary N) is 1. The molecular weight excluding hydrogens is 351 g/mol. The van der Waals surface area contributed by atoms with Crippen LogP contribution in [-0.2, 0) is 6.18 Å². The fraction of sp³-hybridized carbons (Fsp3) is 0.500. The molecule has 0 radical (unpaired) electrons. The van der Waals surface area contributed by atoms with Gasteiger partial charge in [-0.25, -0.2) is 0 Å². The Bertz CT molecular complexity index is 533. The van der Waals surface area contributed by atoms with E-state index in [9.17, 15) is 23.1 Å². The molecule has 3 nitrogen and oxygen atoms in total. The fourth-order valence-electron chi connectivity index (χ4n) is 2.40. The lowest BCUT2D eigenvalue weighted by molar-refractivity contribution is -0.137. The second-order valence-corrected chi connectivity index (χ2v) is 5.98. The maximum Gasteiger partial charge on any atom is 0.416 e. The van der Waals surface area contributed by atoms with Gasteiger partial charge in [-0.15, -0.1) is 0 Å². The summed E-state index contributed by atoms with van der Waals surface area (Å²) in [5.74, 6) is -0.612. The number of hydrogen-bond donors (Lipinski definition) is 2. The van der Waals surface area contributed by atoms with Crippen LogP contribution in [0.4, 0.5) is 13.2 Å². The molecule has 1 aromatic rings. The highest BCUT2D eigenvalue weighted by Crippen LogP contribution is 2.32. The van der Waals surface area contributed by atoms with Gasteiger partial charge in [0.25, 0.3) is 5.91 Å². The van der Waals surface area contributed by atoms with Crippen molar-refractivity contribution in [2.45, 2.75) is 44.0 Å². The Morgan fingerprint density at radius 2 is 1.95 bits per heavy atom. The molecule has 0 aliphatic heterocycles. The van der Waals surface area contributed by atoms with E-state index in [0.717, 1.165) is 25.0 Å². The Labute approximate surface area is 128 Å². The van der Waals surface area contributed by atoms with Gasteiger partial charge in [0.1, 0.15) is 0 Å². The summed E-state index contributed by atoms with van der Waals surface area (Å²) in [6.07, 6.45) is -2.16. The molecule has 1 aromatic carbocycles. The van der Waals surface area contributed by atoms with Crippen molar-refractivity contribution in [2.24, 2.45) is 0 Å². The topological polar surface area (TPSA) is 49.3 Å². The molecule has 0 bridgehead atoms. The van der Waals surface area contributed by atoms with Gasteiger partial charge in [-0.1, -0.05) is 12.8 Å². The molecule has 1 fully saturated rings. The van der Waals surface area contributed by atoms with Gasteiger partial charge in [-0.05, 0) is 47.0 Å². The first-order valence-corrected chi connectivity index (χ1v) is 7.44. The highest BCUT2D eigenvalue weighted by molar-refractivity contribution is 9.10. The number of alkyl halides is 3. The number of halogens is 4. The number of aliphatic hydroxyl groups is 1. The zero-order valence-corrected chi connectivity index (χ0v) is 12.7. The molecule has 7 heteroatoms. The third-order valence-electron chi connectivity index (χ3n) is 3.58. The third kappa shape index (κ3) is 3.97. The lowest BCUT2D eigenvalue weighted by Gasteiger charge is -2.28. The van der Waals surface area contributed by atoms with E-state index in [4.69, 9.17) is 0 Å². The van der Waals surface area contributed by atoms with Crippen molar-refractivity contribution in [1.82, 2.24) is 5.32 Å². The number of rotatable bonds is 2. The van der Waals surface area contributed by atoms with E-state index in [1.165, 1.54) is 6.07 Å². The van der Waals surface area contributed by atoms with E-state index in [-0.39, 0.29) is 5.56 Å². The van der Waals surface area contributed by atoms with Crippen LogP contribution < -0.4 is 5.32 Å². The standard InChI is InChI=1S/C14H15BrF3NO2/c15-10-6-5-8(14(16,17)18)7-9(10)13(21)19-11-3-1-2-4-12(11)20/h5-7,11-12,20H,1-4H2,(H,19,21)/t11-,12-/m1/s1. The van der Waals surface area contributed by atoms with Crippen LogP contribution in [0.2, 0.25) is 0 Å². The van der Waals surface area contributed by atoms with Crippen molar-refractivity contribution in [2.75, 3.05) is 0 Å². The number of carbonyl (C=O) groups is 1. The molecular formula is C14H15BrF3NO2. The zero-order valence-electron chi connectivity index (χ0n) is 11.1. The normalized spacial score (nSPS) is 22.9. The lowest BCUT2D eigenvalue weighted by Crippen LogP contribution is -2.45. The first-order chi connectivity index (χ1) is 9.79. The van der Waals surface area contributed by atoms with Gasteiger partial charge in [0, 0.05) is 4.47 Å². The van der Waals surface area contributed by atoms with Gasteiger partial charge in [-0.2, -0.15) is 13.2 Å². The van der Waals surface area contributed by atoms with Crippen molar-refractivity contribution in [3.63, 3.8) is 0 Å². The van der Waals surface area contributed by atoms with Crippen LogP contribution in [-0.4, -0.2) is 23.2 Å². The van der Waals surface area contributed by atoms with Crippen LogP contribution in [0.15, 0.2) is 22.7 Å². The molecule has 21 heavy (non-hydrogen) atoms. The highest BCUT2D eigenvalue weighted by Gasteiger charge is 2.32. The molecule has 0 unspecified atom stereocenters. The molecule has 2 rings (SSSR count). The van der Waals surface area contributed by atoms with Crippen LogP contribution in [0.5, 0.6) is 0 Å². The van der Waals surface area contributed by atoms with Gasteiger partial charge in [0.05, 0.1) is 23.3 Å². The van der Waals surface area contributed by atoms with Gasteiger partial charge in [-0.3, -0.25) is 4.79 Å². The summed E-state index contributed by atoms with van der Waals surface area (Å²) in [4.78, 5) is 12.1. The van der Waals surface area contributed by atoms with E-state index >= 15 is 0 Å². The first kappa shape index (κ1) is 16.3. The number of benzene rings is 1. The SMILES string of the molecule is O=C(N[C@@H]1CCCC[C@H]1O)c1cc(C(F)(F)F)ccc1Br. The van der Waals surface area contributed by atoms with Gasteiger partial charge in [0.2, 0.25) is 0 Å². The zero-order chi connectivity index (χ0) is 15.6. The van der Waals surface area contributed by atoms with E-state index < -0.39 is 29.8 Å². The van der Waals surface area contributed by atoms with Crippen LogP contribution in [0.25, 0.3) is 0 Å². The molecule has 0 saturated heterocycles. The second kappa shape index (κ2) is 6.36. The molecule has 2 N–H and O–H groups in total. The molecule has 0 aromatic heterocycles. The van der Waals surface area contributed by atoms with Crippen LogP contribution in [0.1, 0.15) is 41.6 Å². The minimum absolute atomic E-state index is 0.0809. The van der Waals surface area contributed by atoms with Gasteiger partial charge in [0.15, 0.2) is 0 Å². The number of carbonyl (C=O) groups excluding carboxylic acids is 1. The van der Waals surface area contributed by atoms with Crippen molar-refractivity contribution in [3.8, 4) is 0 Å². The van der Waals surface area contributed by atoms with Gasteiger partial charge >= 0.3 is 6.18 Å². The number of amides is 1. The Balaban J connectivity index is 2.18. The lowest BCUT2D eigenvalue weighted by atomic mass is 9.92. The molecule has 1 aliphatic carbocycles. The Morgan fingerprint density at radius 1 is 1.29 bits per heavy atom. The average Bonchev–Trinajstić information content (AvgIpc) is 2.40. The summed E-state index contributed by atoms with van der Waals surface area (Å²) in [7, 11) is 0. The summed E-state index contributed by atoms with van der Waals surface area (Å²) < 4.78 is 38.4. The summed E-state index contributed by atoms with van der Waals surface area (Å²) in [5, 5.41) is 12.4. The van der Waals surface area contributed by atoms with Crippen LogP contribution in [0, 0.1) is 0 Å². The predicted molar refractivity (Wildman–Crippen MR) is 74.9 cm³/mol. The molecule has 0 heterocycles. The summed E-state index contributed by atoms with van der Waals surface area (Å²) >= 11 is 3.09. The summed E-state index contributed by atoms with van der Waals surface area (Å²) in [6, 6.07) is 2.52. The van der Waals surface area contributed by atoms with E-state index in [1.54, 1.807) is 0 Å². The van der Waals surface area contributed by atoms with Gasteiger partial charge < -0.3 is 10.4 Å². The number of aliphatic hydroxyl groups excluding tert-OH is 1. The predicted octanol–water partition coefficient (Wildman–Crippen LogP) is 3.50. The average molecular weight is 366 g/mol. The second-order valence-electron chi connectivity index (χ2n) is 5.12. The molecule has 2 atom stereocenters. The molecule has 116 valence electrons. The minimum atomic E-state index is -4.50. The molecule has 0 spiro atoms. The molecule has 1 amide bonds. The highest BCUT2D eigenvalue weighted by atomic mass is 79.9. The maximum atomic E-state index is 12.7. The Hall–Kier alpha value is -1.08. The smallest absolute Gasteiger partial charge is 0.391 e. The van der Waals surface area contributed by atoms with E-state index in [1.807, 2.05) is 0 Å². The minimum Gasteiger partial charge on any atom is -0.391 e. The van der Waals surface area contributed by atoms with E-state index in [0.29, 0.717) is 17.3 Å². The quantitative estimate of drug-likeness (QED) is 0.842. The monoisotopic (exact) mass is 365 g/mol. The van der Waals surface area contributed by atoms with Crippen molar-refractivity contribution >= 4 is 21.8 Å². The number of hydrogen-bond acceptors (Lipinski definition) is 2. The Morgan fingerprint density at radius 3 is 2.57 bits per heavy atom. The van der Waals surface area contributed by atoms with Crippen LogP contribution in [0.3, 0.4) is 0 Å².